The number of hydrogen-bond donors (Lipinski definition) is 2. The van der Waals surface area contributed by atoms with Crippen LogP contribution in [0.4, 0.5) is 0 Å². The van der Waals surface area contributed by atoms with Gasteiger partial charge in [0.2, 0.25) is 5.91 Å². The number of amides is 1. The summed E-state index contributed by atoms with van der Waals surface area (Å²) in [5, 5.41) is 12.4. The summed E-state index contributed by atoms with van der Waals surface area (Å²) in [6.45, 7) is 3.79. The number of aliphatic hydroxyl groups is 1. The smallest absolute Gasteiger partial charge is 0.244 e. The lowest BCUT2D eigenvalue weighted by Crippen LogP contribution is -2.43. The van der Waals surface area contributed by atoms with Gasteiger partial charge in [-0.05, 0) is 44.0 Å². The normalized spacial score (nSPS) is 11.8. The zero-order valence-corrected chi connectivity index (χ0v) is 11.4. The molecule has 98 valence electrons. The standard InChI is InChI=1S/C14H18ClNO2/c1-14(2,9-10-17)16-13(18)8-5-11-3-6-12(15)7-4-11/h3-8,17H,9-10H2,1-2H3,(H,16,18)/b8-5+. The highest BCUT2D eigenvalue weighted by molar-refractivity contribution is 6.30. The highest BCUT2D eigenvalue weighted by atomic mass is 35.5. The van der Waals surface area contributed by atoms with Crippen molar-refractivity contribution >= 4 is 23.6 Å². The van der Waals surface area contributed by atoms with E-state index in [2.05, 4.69) is 5.32 Å². The molecule has 18 heavy (non-hydrogen) atoms. The van der Waals surface area contributed by atoms with Crippen molar-refractivity contribution in [3.05, 3.63) is 40.9 Å². The predicted molar refractivity (Wildman–Crippen MR) is 74.4 cm³/mol. The first kappa shape index (κ1) is 14.7. The highest BCUT2D eigenvalue weighted by Crippen LogP contribution is 2.11. The second kappa shape index (κ2) is 6.57. The molecule has 0 bridgehead atoms. The number of benzene rings is 1. The molecule has 1 aromatic carbocycles. The van der Waals surface area contributed by atoms with Crippen molar-refractivity contribution in [2.75, 3.05) is 6.61 Å². The minimum atomic E-state index is -0.407. The molecular formula is C14H18ClNO2. The van der Waals surface area contributed by atoms with Gasteiger partial charge in [0.1, 0.15) is 0 Å². The van der Waals surface area contributed by atoms with Gasteiger partial charge in [0.15, 0.2) is 0 Å². The van der Waals surface area contributed by atoms with Gasteiger partial charge < -0.3 is 10.4 Å². The van der Waals surface area contributed by atoms with E-state index < -0.39 is 5.54 Å². The van der Waals surface area contributed by atoms with Gasteiger partial charge in [0, 0.05) is 23.2 Å². The summed E-state index contributed by atoms with van der Waals surface area (Å²) in [6, 6.07) is 7.22. The van der Waals surface area contributed by atoms with Crippen LogP contribution in [-0.4, -0.2) is 23.2 Å². The third-order valence-corrected chi connectivity index (χ3v) is 2.75. The van der Waals surface area contributed by atoms with Gasteiger partial charge in [-0.2, -0.15) is 0 Å². The van der Waals surface area contributed by atoms with Crippen LogP contribution >= 0.6 is 11.6 Å². The fourth-order valence-corrected chi connectivity index (χ4v) is 1.59. The van der Waals surface area contributed by atoms with E-state index in [1.165, 1.54) is 6.08 Å². The predicted octanol–water partition coefficient (Wildman–Crippen LogP) is 2.63. The Labute approximate surface area is 112 Å². The summed E-state index contributed by atoms with van der Waals surface area (Å²) in [6.07, 6.45) is 3.72. The first-order valence-electron chi connectivity index (χ1n) is 5.79. The van der Waals surface area contributed by atoms with Gasteiger partial charge in [-0.3, -0.25) is 4.79 Å². The minimum Gasteiger partial charge on any atom is -0.396 e. The van der Waals surface area contributed by atoms with Crippen molar-refractivity contribution in [2.45, 2.75) is 25.8 Å². The molecule has 0 heterocycles. The van der Waals surface area contributed by atoms with Gasteiger partial charge in [-0.15, -0.1) is 0 Å². The molecule has 0 unspecified atom stereocenters. The van der Waals surface area contributed by atoms with Crippen molar-refractivity contribution in [1.82, 2.24) is 5.32 Å². The quantitative estimate of drug-likeness (QED) is 0.806. The van der Waals surface area contributed by atoms with Gasteiger partial charge in [0.05, 0.1) is 0 Å². The third kappa shape index (κ3) is 5.34. The fourth-order valence-electron chi connectivity index (χ4n) is 1.46. The Balaban J connectivity index is 2.57. The topological polar surface area (TPSA) is 49.3 Å². The minimum absolute atomic E-state index is 0.0498. The summed E-state index contributed by atoms with van der Waals surface area (Å²) in [5.74, 6) is -0.177. The first-order chi connectivity index (χ1) is 8.43. The van der Waals surface area contributed by atoms with E-state index in [1.54, 1.807) is 18.2 Å². The monoisotopic (exact) mass is 267 g/mol. The summed E-state index contributed by atoms with van der Waals surface area (Å²) in [4.78, 5) is 11.7. The number of nitrogens with one attached hydrogen (secondary N) is 1. The number of carbonyl (C=O) groups excluding carboxylic acids is 1. The molecule has 0 spiro atoms. The molecule has 0 saturated carbocycles. The lowest BCUT2D eigenvalue weighted by atomic mass is 10.0. The van der Waals surface area contributed by atoms with Crippen LogP contribution in [0.15, 0.2) is 30.3 Å². The second-order valence-electron chi connectivity index (χ2n) is 4.73. The van der Waals surface area contributed by atoms with Gasteiger partial charge in [-0.25, -0.2) is 0 Å². The Morgan fingerprint density at radius 2 is 2.00 bits per heavy atom. The maximum Gasteiger partial charge on any atom is 0.244 e. The highest BCUT2D eigenvalue weighted by Gasteiger charge is 2.17. The number of rotatable bonds is 5. The number of aliphatic hydroxyl groups excluding tert-OH is 1. The van der Waals surface area contributed by atoms with Crippen molar-refractivity contribution in [1.29, 1.82) is 0 Å². The van der Waals surface area contributed by atoms with Crippen LogP contribution in [-0.2, 0) is 4.79 Å². The summed E-state index contributed by atoms with van der Waals surface area (Å²) < 4.78 is 0. The maximum atomic E-state index is 11.7. The van der Waals surface area contributed by atoms with E-state index in [9.17, 15) is 4.79 Å². The van der Waals surface area contributed by atoms with E-state index in [1.807, 2.05) is 26.0 Å². The van der Waals surface area contributed by atoms with E-state index in [4.69, 9.17) is 16.7 Å². The van der Waals surface area contributed by atoms with E-state index in [-0.39, 0.29) is 12.5 Å². The lowest BCUT2D eigenvalue weighted by molar-refractivity contribution is -0.118. The van der Waals surface area contributed by atoms with Crippen LogP contribution in [0.5, 0.6) is 0 Å². The molecule has 0 aliphatic rings. The number of hydrogen-bond acceptors (Lipinski definition) is 2. The molecule has 0 fully saturated rings. The van der Waals surface area contributed by atoms with Crippen molar-refractivity contribution < 1.29 is 9.90 Å². The van der Waals surface area contributed by atoms with Crippen LogP contribution < -0.4 is 5.32 Å². The molecule has 2 N–H and O–H groups in total. The Kier molecular flexibility index (Phi) is 5.38. The Bertz CT molecular complexity index is 424. The maximum absolute atomic E-state index is 11.7. The summed E-state index contributed by atoms with van der Waals surface area (Å²) in [7, 11) is 0. The van der Waals surface area contributed by atoms with E-state index >= 15 is 0 Å². The van der Waals surface area contributed by atoms with Crippen molar-refractivity contribution in [2.24, 2.45) is 0 Å². The van der Waals surface area contributed by atoms with Crippen molar-refractivity contribution in [3.8, 4) is 0 Å². The molecule has 4 heteroatoms. The Morgan fingerprint density at radius 1 is 1.39 bits per heavy atom. The molecule has 1 rings (SSSR count). The van der Waals surface area contributed by atoms with Crippen LogP contribution in [0.3, 0.4) is 0 Å². The van der Waals surface area contributed by atoms with Gasteiger partial charge in [-0.1, -0.05) is 23.7 Å². The summed E-state index contributed by atoms with van der Waals surface area (Å²) >= 11 is 5.77. The van der Waals surface area contributed by atoms with E-state index in [0.717, 1.165) is 5.56 Å². The van der Waals surface area contributed by atoms with Gasteiger partial charge in [0.25, 0.3) is 0 Å². The molecule has 0 aromatic heterocycles. The molecule has 1 aromatic rings. The molecule has 1 amide bonds. The van der Waals surface area contributed by atoms with Crippen LogP contribution in [0.1, 0.15) is 25.8 Å². The first-order valence-corrected chi connectivity index (χ1v) is 6.17. The average molecular weight is 268 g/mol. The van der Waals surface area contributed by atoms with E-state index in [0.29, 0.717) is 11.4 Å². The molecule has 0 atom stereocenters. The van der Waals surface area contributed by atoms with Gasteiger partial charge >= 0.3 is 0 Å². The molecule has 0 saturated heterocycles. The molecule has 0 aliphatic heterocycles. The van der Waals surface area contributed by atoms with Crippen LogP contribution in [0.2, 0.25) is 5.02 Å². The molecule has 0 radical (unpaired) electrons. The van der Waals surface area contributed by atoms with Crippen LogP contribution in [0, 0.1) is 0 Å². The van der Waals surface area contributed by atoms with Crippen molar-refractivity contribution in [3.63, 3.8) is 0 Å². The molecule has 3 nitrogen and oxygen atoms in total. The fraction of sp³-hybridized carbons (Fsp3) is 0.357. The zero-order valence-electron chi connectivity index (χ0n) is 10.6. The SMILES string of the molecule is CC(C)(CCO)NC(=O)/C=C/c1ccc(Cl)cc1. The number of carbonyl (C=O) groups is 1. The third-order valence-electron chi connectivity index (χ3n) is 2.50. The largest absolute Gasteiger partial charge is 0.396 e. The number of halogens is 1. The average Bonchev–Trinajstić information content (AvgIpc) is 2.27. The molecular weight excluding hydrogens is 250 g/mol. The zero-order chi connectivity index (χ0) is 13.6. The Morgan fingerprint density at radius 3 is 2.56 bits per heavy atom. The van der Waals surface area contributed by atoms with Crippen LogP contribution in [0.25, 0.3) is 6.08 Å². The summed E-state index contributed by atoms with van der Waals surface area (Å²) in [5.41, 5.74) is 0.505. The second-order valence-corrected chi connectivity index (χ2v) is 5.17. The molecule has 0 aliphatic carbocycles. The lowest BCUT2D eigenvalue weighted by Gasteiger charge is -2.24. The Hall–Kier alpha value is -1.32.